The summed E-state index contributed by atoms with van der Waals surface area (Å²) in [7, 11) is 0. The van der Waals surface area contributed by atoms with Crippen molar-refractivity contribution in [3.63, 3.8) is 0 Å². The van der Waals surface area contributed by atoms with Gasteiger partial charge in [-0.15, -0.1) is 12.4 Å². The number of hydrogen-bond acceptors (Lipinski definition) is 2. The first-order valence-electron chi connectivity index (χ1n) is 8.70. The minimum atomic E-state index is 0. The van der Waals surface area contributed by atoms with Crippen LogP contribution in [0.5, 0.6) is 0 Å². The fourth-order valence-electron chi connectivity index (χ4n) is 3.85. The Kier molecular flexibility index (Phi) is 8.65. The van der Waals surface area contributed by atoms with Gasteiger partial charge in [-0.2, -0.15) is 0 Å². The maximum absolute atomic E-state index is 12.2. The quantitative estimate of drug-likeness (QED) is 0.839. The second-order valence-corrected chi connectivity index (χ2v) is 6.97. The number of amides is 1. The van der Waals surface area contributed by atoms with Gasteiger partial charge in [0.25, 0.3) is 0 Å². The Balaban J connectivity index is 0.00000220. The SMILES string of the molecule is CC(N)C1CCN(C(=O)CCCC2CCCCC2)CC1.Cl. The summed E-state index contributed by atoms with van der Waals surface area (Å²) in [5.74, 6) is 1.89. The van der Waals surface area contributed by atoms with Crippen molar-refractivity contribution in [2.45, 2.75) is 77.2 Å². The summed E-state index contributed by atoms with van der Waals surface area (Å²) in [5.41, 5.74) is 5.95. The third-order valence-corrected chi connectivity index (χ3v) is 5.36. The molecule has 4 heteroatoms. The smallest absolute Gasteiger partial charge is 0.222 e. The average Bonchev–Trinajstić information content (AvgIpc) is 2.48. The lowest BCUT2D eigenvalue weighted by Crippen LogP contribution is -2.42. The lowest BCUT2D eigenvalue weighted by atomic mass is 9.85. The highest BCUT2D eigenvalue weighted by Gasteiger charge is 2.24. The zero-order chi connectivity index (χ0) is 14.4. The molecule has 0 aromatic heterocycles. The van der Waals surface area contributed by atoms with E-state index in [9.17, 15) is 4.79 Å². The Morgan fingerprint density at radius 2 is 1.76 bits per heavy atom. The van der Waals surface area contributed by atoms with Crippen LogP contribution >= 0.6 is 12.4 Å². The molecule has 1 heterocycles. The lowest BCUT2D eigenvalue weighted by molar-refractivity contribution is -0.132. The van der Waals surface area contributed by atoms with Crippen LogP contribution < -0.4 is 5.73 Å². The van der Waals surface area contributed by atoms with E-state index >= 15 is 0 Å². The van der Waals surface area contributed by atoms with Gasteiger partial charge < -0.3 is 10.6 Å². The number of halogens is 1. The fourth-order valence-corrected chi connectivity index (χ4v) is 3.85. The third-order valence-electron chi connectivity index (χ3n) is 5.36. The lowest BCUT2D eigenvalue weighted by Gasteiger charge is -2.34. The number of carbonyl (C=O) groups is 1. The molecule has 1 aliphatic heterocycles. The monoisotopic (exact) mass is 316 g/mol. The van der Waals surface area contributed by atoms with Gasteiger partial charge >= 0.3 is 0 Å². The van der Waals surface area contributed by atoms with Gasteiger partial charge in [0, 0.05) is 25.6 Å². The molecule has 1 amide bonds. The Hall–Kier alpha value is -0.280. The Morgan fingerprint density at radius 1 is 1.14 bits per heavy atom. The van der Waals surface area contributed by atoms with Crippen LogP contribution in [0.4, 0.5) is 0 Å². The molecule has 2 N–H and O–H groups in total. The number of hydrogen-bond donors (Lipinski definition) is 1. The molecule has 1 saturated carbocycles. The molecule has 2 rings (SSSR count). The van der Waals surface area contributed by atoms with Crippen LogP contribution in [-0.4, -0.2) is 29.9 Å². The number of piperidine rings is 1. The normalized spacial score (nSPS) is 22.7. The van der Waals surface area contributed by atoms with Crippen LogP contribution in [0.15, 0.2) is 0 Å². The van der Waals surface area contributed by atoms with Gasteiger partial charge in [0.2, 0.25) is 5.91 Å². The van der Waals surface area contributed by atoms with Crippen molar-refractivity contribution in [1.82, 2.24) is 4.90 Å². The molecule has 0 aromatic rings. The number of likely N-dealkylation sites (tertiary alicyclic amines) is 1. The van der Waals surface area contributed by atoms with Gasteiger partial charge in [-0.1, -0.05) is 32.1 Å². The number of rotatable bonds is 5. The van der Waals surface area contributed by atoms with Crippen molar-refractivity contribution >= 4 is 18.3 Å². The van der Waals surface area contributed by atoms with E-state index in [4.69, 9.17) is 5.73 Å². The van der Waals surface area contributed by atoms with Gasteiger partial charge in [-0.05, 0) is 44.4 Å². The summed E-state index contributed by atoms with van der Waals surface area (Å²) in [4.78, 5) is 14.3. The molecule has 0 radical (unpaired) electrons. The minimum absolute atomic E-state index is 0. The van der Waals surface area contributed by atoms with E-state index in [0.717, 1.165) is 44.7 Å². The van der Waals surface area contributed by atoms with Crippen molar-refractivity contribution in [2.24, 2.45) is 17.6 Å². The van der Waals surface area contributed by atoms with Crippen molar-refractivity contribution in [3.8, 4) is 0 Å². The van der Waals surface area contributed by atoms with Crippen molar-refractivity contribution in [1.29, 1.82) is 0 Å². The molecule has 1 atom stereocenters. The predicted molar refractivity (Wildman–Crippen MR) is 90.6 cm³/mol. The van der Waals surface area contributed by atoms with Crippen LogP contribution in [-0.2, 0) is 4.79 Å². The summed E-state index contributed by atoms with van der Waals surface area (Å²) >= 11 is 0. The van der Waals surface area contributed by atoms with E-state index < -0.39 is 0 Å². The summed E-state index contributed by atoms with van der Waals surface area (Å²) < 4.78 is 0. The molecule has 3 nitrogen and oxygen atoms in total. The summed E-state index contributed by atoms with van der Waals surface area (Å²) in [6.07, 6.45) is 12.3. The highest BCUT2D eigenvalue weighted by molar-refractivity contribution is 5.85. The first kappa shape index (κ1) is 18.8. The molecule has 1 unspecified atom stereocenters. The third kappa shape index (κ3) is 6.15. The van der Waals surface area contributed by atoms with Gasteiger partial charge in [-0.3, -0.25) is 4.79 Å². The molecule has 2 fully saturated rings. The zero-order valence-electron chi connectivity index (χ0n) is 13.6. The maximum atomic E-state index is 12.2. The van der Waals surface area contributed by atoms with Crippen LogP contribution in [0.25, 0.3) is 0 Å². The Morgan fingerprint density at radius 3 is 2.33 bits per heavy atom. The number of nitrogens with zero attached hydrogens (tertiary/aromatic N) is 1. The zero-order valence-corrected chi connectivity index (χ0v) is 14.4. The van der Waals surface area contributed by atoms with Gasteiger partial charge in [0.15, 0.2) is 0 Å². The molecule has 0 bridgehead atoms. The van der Waals surface area contributed by atoms with Crippen molar-refractivity contribution < 1.29 is 4.79 Å². The van der Waals surface area contributed by atoms with Crippen LogP contribution in [0.3, 0.4) is 0 Å². The van der Waals surface area contributed by atoms with Crippen LogP contribution in [0.2, 0.25) is 0 Å². The highest BCUT2D eigenvalue weighted by Crippen LogP contribution is 2.28. The van der Waals surface area contributed by atoms with E-state index in [-0.39, 0.29) is 18.4 Å². The predicted octanol–water partition coefficient (Wildman–Crippen LogP) is 3.74. The summed E-state index contributed by atoms with van der Waals surface area (Å²) in [6.45, 7) is 3.94. The second kappa shape index (κ2) is 9.68. The summed E-state index contributed by atoms with van der Waals surface area (Å²) in [5, 5.41) is 0. The molecule has 0 aromatic carbocycles. The molecule has 1 saturated heterocycles. The largest absolute Gasteiger partial charge is 0.343 e. The Labute approximate surface area is 136 Å². The van der Waals surface area contributed by atoms with E-state index in [1.807, 2.05) is 0 Å². The van der Waals surface area contributed by atoms with Crippen molar-refractivity contribution in [3.05, 3.63) is 0 Å². The maximum Gasteiger partial charge on any atom is 0.222 e. The first-order chi connectivity index (χ1) is 9.66. The summed E-state index contributed by atoms with van der Waals surface area (Å²) in [6, 6.07) is 0.276. The molecular formula is C17H33ClN2O. The van der Waals surface area contributed by atoms with Gasteiger partial charge in [0.1, 0.15) is 0 Å². The fraction of sp³-hybridized carbons (Fsp3) is 0.941. The van der Waals surface area contributed by atoms with E-state index in [1.54, 1.807) is 0 Å². The minimum Gasteiger partial charge on any atom is -0.343 e. The number of carbonyl (C=O) groups excluding carboxylic acids is 1. The van der Waals surface area contributed by atoms with Crippen molar-refractivity contribution in [2.75, 3.05) is 13.1 Å². The van der Waals surface area contributed by atoms with Crippen LogP contribution in [0, 0.1) is 11.8 Å². The molecule has 21 heavy (non-hydrogen) atoms. The standard InChI is InChI=1S/C17H32N2O.ClH/c1-14(18)16-10-12-19(13-11-16)17(20)9-5-8-15-6-3-2-4-7-15;/h14-16H,2-13,18H2,1H3;1H. The van der Waals surface area contributed by atoms with Crippen LogP contribution in [0.1, 0.15) is 71.1 Å². The molecule has 1 aliphatic carbocycles. The van der Waals surface area contributed by atoms with Gasteiger partial charge in [0.05, 0.1) is 0 Å². The van der Waals surface area contributed by atoms with Gasteiger partial charge in [-0.25, -0.2) is 0 Å². The number of nitrogens with two attached hydrogens (primary N) is 1. The molecule has 124 valence electrons. The average molecular weight is 317 g/mol. The second-order valence-electron chi connectivity index (χ2n) is 6.97. The highest BCUT2D eigenvalue weighted by atomic mass is 35.5. The van der Waals surface area contributed by atoms with E-state index in [2.05, 4.69) is 11.8 Å². The first-order valence-corrected chi connectivity index (χ1v) is 8.70. The van der Waals surface area contributed by atoms with E-state index in [0.29, 0.717) is 11.8 Å². The topological polar surface area (TPSA) is 46.3 Å². The molecule has 2 aliphatic rings. The Bertz CT molecular complexity index is 295. The van der Waals surface area contributed by atoms with E-state index in [1.165, 1.54) is 38.5 Å². The molecular weight excluding hydrogens is 284 g/mol. The molecule has 0 spiro atoms.